The van der Waals surface area contributed by atoms with Gasteiger partial charge >= 0.3 is 6.01 Å². The van der Waals surface area contributed by atoms with Crippen LogP contribution in [0.1, 0.15) is 35.7 Å². The number of ether oxygens (including phenoxy) is 1. The SMILES string of the molecule is CCCCOc1nc(-c2ccccc2C)n(C(=O)c2ccc(F)cc2)n1. The van der Waals surface area contributed by atoms with Gasteiger partial charge in [0.05, 0.1) is 6.61 Å². The Kier molecular flexibility index (Phi) is 5.41. The summed E-state index contributed by atoms with van der Waals surface area (Å²) in [5.74, 6) is -0.382. The number of carbonyl (C=O) groups excluding carboxylic acids is 1. The number of benzene rings is 2. The monoisotopic (exact) mass is 353 g/mol. The first kappa shape index (κ1) is 17.8. The number of aromatic nitrogens is 3. The van der Waals surface area contributed by atoms with Crippen molar-refractivity contribution >= 4 is 5.91 Å². The predicted molar refractivity (Wildman–Crippen MR) is 96.7 cm³/mol. The van der Waals surface area contributed by atoms with Gasteiger partial charge in [-0.3, -0.25) is 4.79 Å². The summed E-state index contributed by atoms with van der Waals surface area (Å²) in [5, 5.41) is 4.24. The van der Waals surface area contributed by atoms with Gasteiger partial charge in [0.2, 0.25) is 0 Å². The number of carbonyl (C=O) groups is 1. The Hall–Kier alpha value is -3.02. The summed E-state index contributed by atoms with van der Waals surface area (Å²) in [4.78, 5) is 17.3. The molecule has 134 valence electrons. The molecule has 1 heterocycles. The van der Waals surface area contributed by atoms with Crippen LogP contribution in [0.5, 0.6) is 6.01 Å². The molecular weight excluding hydrogens is 333 g/mol. The van der Waals surface area contributed by atoms with Crippen LogP contribution in [0.2, 0.25) is 0 Å². The molecule has 0 aliphatic carbocycles. The smallest absolute Gasteiger partial charge is 0.336 e. The Bertz CT molecular complexity index is 904. The molecule has 3 rings (SSSR count). The highest BCUT2D eigenvalue weighted by Gasteiger charge is 2.21. The van der Waals surface area contributed by atoms with E-state index < -0.39 is 5.82 Å². The van der Waals surface area contributed by atoms with E-state index in [0.29, 0.717) is 18.0 Å². The van der Waals surface area contributed by atoms with Gasteiger partial charge in [0, 0.05) is 11.1 Å². The number of aryl methyl sites for hydroxylation is 1. The van der Waals surface area contributed by atoms with Crippen molar-refractivity contribution in [2.75, 3.05) is 6.61 Å². The normalized spacial score (nSPS) is 10.7. The second-order valence-electron chi connectivity index (χ2n) is 5.96. The Morgan fingerprint density at radius 2 is 1.88 bits per heavy atom. The average molecular weight is 353 g/mol. The summed E-state index contributed by atoms with van der Waals surface area (Å²) in [5.41, 5.74) is 2.08. The van der Waals surface area contributed by atoms with E-state index in [9.17, 15) is 9.18 Å². The molecule has 0 N–H and O–H groups in total. The molecule has 5 nitrogen and oxygen atoms in total. The van der Waals surface area contributed by atoms with E-state index in [1.165, 1.54) is 28.9 Å². The maximum absolute atomic E-state index is 13.2. The molecule has 0 bridgehead atoms. The van der Waals surface area contributed by atoms with Gasteiger partial charge in [-0.05, 0) is 43.2 Å². The third kappa shape index (κ3) is 3.79. The van der Waals surface area contributed by atoms with Gasteiger partial charge in [-0.2, -0.15) is 9.67 Å². The summed E-state index contributed by atoms with van der Waals surface area (Å²) in [7, 11) is 0. The van der Waals surface area contributed by atoms with Crippen molar-refractivity contribution in [3.63, 3.8) is 0 Å². The molecule has 1 aromatic heterocycles. The number of rotatable bonds is 6. The first-order chi connectivity index (χ1) is 12.6. The highest BCUT2D eigenvalue weighted by atomic mass is 19.1. The summed E-state index contributed by atoms with van der Waals surface area (Å²) in [6.07, 6.45) is 1.86. The van der Waals surface area contributed by atoms with Gasteiger partial charge in [-0.25, -0.2) is 4.39 Å². The van der Waals surface area contributed by atoms with E-state index in [1.807, 2.05) is 31.2 Å². The number of hydrogen-bond donors (Lipinski definition) is 0. The predicted octanol–water partition coefficient (Wildman–Crippen LogP) is 4.26. The van der Waals surface area contributed by atoms with Crippen LogP contribution in [-0.4, -0.2) is 27.3 Å². The van der Waals surface area contributed by atoms with Crippen molar-refractivity contribution in [2.24, 2.45) is 0 Å². The number of hydrogen-bond acceptors (Lipinski definition) is 4. The molecule has 0 spiro atoms. The van der Waals surface area contributed by atoms with Gasteiger partial charge in [-0.15, -0.1) is 5.10 Å². The second kappa shape index (κ2) is 7.91. The van der Waals surface area contributed by atoms with Crippen molar-refractivity contribution in [2.45, 2.75) is 26.7 Å². The molecule has 0 aliphatic heterocycles. The number of halogens is 1. The Morgan fingerprint density at radius 1 is 1.15 bits per heavy atom. The number of nitrogens with zero attached hydrogens (tertiary/aromatic N) is 3. The largest absolute Gasteiger partial charge is 0.462 e. The zero-order valence-electron chi connectivity index (χ0n) is 14.8. The molecule has 0 atom stereocenters. The second-order valence-corrected chi connectivity index (χ2v) is 5.96. The van der Waals surface area contributed by atoms with E-state index >= 15 is 0 Å². The summed E-state index contributed by atoms with van der Waals surface area (Å²) in [6, 6.07) is 13.1. The summed E-state index contributed by atoms with van der Waals surface area (Å²) < 4.78 is 20.0. The molecule has 2 aromatic carbocycles. The van der Waals surface area contributed by atoms with Crippen molar-refractivity contribution in [3.8, 4) is 17.4 Å². The lowest BCUT2D eigenvalue weighted by Crippen LogP contribution is -2.15. The molecule has 0 saturated carbocycles. The van der Waals surface area contributed by atoms with E-state index in [4.69, 9.17) is 4.74 Å². The van der Waals surface area contributed by atoms with Gasteiger partial charge in [0.15, 0.2) is 5.82 Å². The molecular formula is C20H20FN3O2. The molecule has 0 saturated heterocycles. The van der Waals surface area contributed by atoms with Crippen LogP contribution in [0.4, 0.5) is 4.39 Å². The molecule has 0 amide bonds. The minimum absolute atomic E-state index is 0.159. The lowest BCUT2D eigenvalue weighted by Gasteiger charge is -2.06. The van der Waals surface area contributed by atoms with Crippen LogP contribution >= 0.6 is 0 Å². The first-order valence-electron chi connectivity index (χ1n) is 8.56. The van der Waals surface area contributed by atoms with Crippen molar-refractivity contribution in [3.05, 3.63) is 65.5 Å². The highest BCUT2D eigenvalue weighted by Crippen LogP contribution is 2.24. The Labute approximate surface area is 151 Å². The molecule has 6 heteroatoms. The maximum atomic E-state index is 13.2. The lowest BCUT2D eigenvalue weighted by molar-refractivity contribution is 0.0944. The van der Waals surface area contributed by atoms with E-state index in [-0.39, 0.29) is 11.9 Å². The summed E-state index contributed by atoms with van der Waals surface area (Å²) >= 11 is 0. The molecule has 3 aromatic rings. The molecule has 0 fully saturated rings. The fourth-order valence-electron chi connectivity index (χ4n) is 2.52. The van der Waals surface area contributed by atoms with Crippen molar-refractivity contribution < 1.29 is 13.9 Å². The lowest BCUT2D eigenvalue weighted by atomic mass is 10.1. The van der Waals surface area contributed by atoms with E-state index in [0.717, 1.165) is 24.0 Å². The zero-order valence-corrected chi connectivity index (χ0v) is 14.8. The van der Waals surface area contributed by atoms with Crippen LogP contribution < -0.4 is 4.74 Å². The standard InChI is InChI=1S/C20H20FN3O2/c1-3-4-13-26-20-22-18(17-8-6-5-7-14(17)2)24(23-20)19(25)15-9-11-16(21)12-10-15/h5-12H,3-4,13H2,1-2H3. The minimum atomic E-state index is -0.400. The zero-order chi connectivity index (χ0) is 18.5. The van der Waals surface area contributed by atoms with Crippen LogP contribution in [-0.2, 0) is 0 Å². The van der Waals surface area contributed by atoms with Crippen LogP contribution in [0.3, 0.4) is 0 Å². The van der Waals surface area contributed by atoms with Gasteiger partial charge in [0.1, 0.15) is 5.82 Å². The van der Waals surface area contributed by atoms with Crippen LogP contribution in [0, 0.1) is 12.7 Å². The topological polar surface area (TPSA) is 57.0 Å². The average Bonchev–Trinajstić information content (AvgIpc) is 3.06. The fraction of sp³-hybridized carbons (Fsp3) is 0.250. The fourth-order valence-corrected chi connectivity index (χ4v) is 2.52. The van der Waals surface area contributed by atoms with Crippen molar-refractivity contribution in [1.29, 1.82) is 0 Å². The number of unbranched alkanes of at least 4 members (excludes halogenated alkanes) is 1. The van der Waals surface area contributed by atoms with Crippen LogP contribution in [0.15, 0.2) is 48.5 Å². The molecule has 0 aliphatic rings. The third-order valence-electron chi connectivity index (χ3n) is 3.99. The minimum Gasteiger partial charge on any atom is -0.462 e. The molecule has 26 heavy (non-hydrogen) atoms. The maximum Gasteiger partial charge on any atom is 0.336 e. The first-order valence-corrected chi connectivity index (χ1v) is 8.56. The Balaban J connectivity index is 2.02. The van der Waals surface area contributed by atoms with Crippen LogP contribution in [0.25, 0.3) is 11.4 Å². The Morgan fingerprint density at radius 3 is 2.58 bits per heavy atom. The van der Waals surface area contributed by atoms with Crippen molar-refractivity contribution in [1.82, 2.24) is 14.8 Å². The van der Waals surface area contributed by atoms with E-state index in [1.54, 1.807) is 0 Å². The molecule has 0 radical (unpaired) electrons. The highest BCUT2D eigenvalue weighted by molar-refractivity contribution is 5.97. The van der Waals surface area contributed by atoms with Gasteiger partial charge in [0.25, 0.3) is 5.91 Å². The van der Waals surface area contributed by atoms with E-state index in [2.05, 4.69) is 17.0 Å². The van der Waals surface area contributed by atoms with Gasteiger partial charge in [-0.1, -0.05) is 37.6 Å². The quantitative estimate of drug-likeness (QED) is 0.621. The summed E-state index contributed by atoms with van der Waals surface area (Å²) in [6.45, 7) is 4.49. The van der Waals surface area contributed by atoms with Gasteiger partial charge < -0.3 is 4.74 Å². The third-order valence-corrected chi connectivity index (χ3v) is 3.99. The molecule has 0 unspecified atom stereocenters.